The zero-order valence-corrected chi connectivity index (χ0v) is 12.5. The van der Waals surface area contributed by atoms with Crippen LogP contribution in [0.15, 0.2) is 36.4 Å². The molecule has 0 N–H and O–H groups in total. The van der Waals surface area contributed by atoms with Crippen molar-refractivity contribution in [3.8, 4) is 11.5 Å². The van der Waals surface area contributed by atoms with E-state index in [0.29, 0.717) is 17.1 Å². The summed E-state index contributed by atoms with van der Waals surface area (Å²) in [6, 6.07) is 9.20. The molecule has 1 aromatic heterocycles. The Morgan fingerprint density at radius 1 is 1.15 bits per heavy atom. The molecule has 0 saturated heterocycles. The molecule has 2 aromatic rings. The summed E-state index contributed by atoms with van der Waals surface area (Å²) in [5, 5.41) is 0. The Hall–Kier alpha value is -2.07. The van der Waals surface area contributed by atoms with Crippen LogP contribution in [0.3, 0.4) is 0 Å². The average molecular weight is 288 g/mol. The van der Waals surface area contributed by atoms with Crippen molar-refractivity contribution in [2.45, 2.75) is 6.92 Å². The third-order valence-corrected chi connectivity index (χ3v) is 3.80. The second-order valence-electron chi connectivity index (χ2n) is 4.21. The van der Waals surface area contributed by atoms with Crippen molar-refractivity contribution in [2.24, 2.45) is 0 Å². The van der Waals surface area contributed by atoms with E-state index in [0.717, 1.165) is 4.88 Å². The van der Waals surface area contributed by atoms with E-state index >= 15 is 0 Å². The Labute approximate surface area is 122 Å². The lowest BCUT2D eigenvalue weighted by Crippen LogP contribution is -1.99. The third kappa shape index (κ3) is 3.27. The van der Waals surface area contributed by atoms with Crippen LogP contribution < -0.4 is 9.47 Å². The van der Waals surface area contributed by atoms with Gasteiger partial charge in [0.05, 0.1) is 19.8 Å². The van der Waals surface area contributed by atoms with Crippen molar-refractivity contribution in [3.05, 3.63) is 51.7 Å². The van der Waals surface area contributed by atoms with Crippen LogP contribution in [-0.2, 0) is 0 Å². The second-order valence-corrected chi connectivity index (χ2v) is 5.53. The first-order valence-corrected chi connectivity index (χ1v) is 6.96. The second kappa shape index (κ2) is 6.39. The van der Waals surface area contributed by atoms with Crippen LogP contribution in [0.25, 0.3) is 6.08 Å². The van der Waals surface area contributed by atoms with Crippen molar-refractivity contribution in [3.63, 3.8) is 0 Å². The summed E-state index contributed by atoms with van der Waals surface area (Å²) in [6.07, 6.45) is 3.38. The van der Waals surface area contributed by atoms with E-state index in [9.17, 15) is 4.79 Å². The minimum atomic E-state index is -0.105. The Kier molecular flexibility index (Phi) is 4.58. The SMILES string of the molecule is COc1ccc(OC)c(C(=O)C=Cc2ccc(C)s2)c1. The zero-order chi connectivity index (χ0) is 14.5. The number of thiophene rings is 1. The smallest absolute Gasteiger partial charge is 0.189 e. The maximum atomic E-state index is 12.3. The number of hydrogen-bond donors (Lipinski definition) is 0. The summed E-state index contributed by atoms with van der Waals surface area (Å²) >= 11 is 1.65. The largest absolute Gasteiger partial charge is 0.497 e. The minimum absolute atomic E-state index is 0.105. The number of carbonyl (C=O) groups excluding carboxylic acids is 1. The van der Waals surface area contributed by atoms with E-state index in [-0.39, 0.29) is 5.78 Å². The summed E-state index contributed by atoms with van der Waals surface area (Å²) in [5.41, 5.74) is 0.497. The van der Waals surface area contributed by atoms with Crippen molar-refractivity contribution in [2.75, 3.05) is 14.2 Å². The molecule has 0 aliphatic heterocycles. The molecule has 0 unspecified atom stereocenters. The molecule has 0 fully saturated rings. The third-order valence-electron chi connectivity index (χ3n) is 2.83. The van der Waals surface area contributed by atoms with Crippen LogP contribution in [0, 0.1) is 6.92 Å². The van der Waals surface area contributed by atoms with Gasteiger partial charge in [0, 0.05) is 9.75 Å². The summed E-state index contributed by atoms with van der Waals surface area (Å²) in [6.45, 7) is 2.04. The number of ketones is 1. The van der Waals surface area contributed by atoms with Gasteiger partial charge >= 0.3 is 0 Å². The summed E-state index contributed by atoms with van der Waals surface area (Å²) in [4.78, 5) is 14.5. The highest BCUT2D eigenvalue weighted by Crippen LogP contribution is 2.25. The first-order valence-electron chi connectivity index (χ1n) is 6.15. The molecular formula is C16H16O3S. The fourth-order valence-corrected chi connectivity index (χ4v) is 2.58. The lowest BCUT2D eigenvalue weighted by atomic mass is 10.1. The fraction of sp³-hybridized carbons (Fsp3) is 0.188. The molecule has 0 spiro atoms. The molecule has 0 aliphatic rings. The molecule has 0 aliphatic carbocycles. The normalized spacial score (nSPS) is 10.8. The van der Waals surface area contributed by atoms with Gasteiger partial charge in [-0.2, -0.15) is 0 Å². The molecule has 1 aromatic carbocycles. The van der Waals surface area contributed by atoms with Crippen molar-refractivity contribution >= 4 is 23.2 Å². The Morgan fingerprint density at radius 2 is 1.95 bits per heavy atom. The first-order chi connectivity index (χ1) is 9.63. The maximum absolute atomic E-state index is 12.3. The first kappa shape index (κ1) is 14.3. The average Bonchev–Trinajstić information content (AvgIpc) is 2.89. The molecule has 0 amide bonds. The van der Waals surface area contributed by atoms with Crippen molar-refractivity contribution in [1.29, 1.82) is 0 Å². The minimum Gasteiger partial charge on any atom is -0.497 e. The van der Waals surface area contributed by atoms with Gasteiger partial charge in [0.1, 0.15) is 11.5 Å². The number of allylic oxidation sites excluding steroid dienone is 1. The number of aryl methyl sites for hydroxylation is 1. The molecule has 2 rings (SSSR count). The molecule has 0 radical (unpaired) electrons. The lowest BCUT2D eigenvalue weighted by molar-refractivity contribution is 0.104. The highest BCUT2D eigenvalue weighted by molar-refractivity contribution is 7.12. The van der Waals surface area contributed by atoms with Crippen LogP contribution in [-0.4, -0.2) is 20.0 Å². The molecule has 4 heteroatoms. The van der Waals surface area contributed by atoms with E-state index in [1.165, 1.54) is 4.88 Å². The predicted molar refractivity (Wildman–Crippen MR) is 82.0 cm³/mol. The number of methoxy groups -OCH3 is 2. The van der Waals surface area contributed by atoms with Crippen molar-refractivity contribution < 1.29 is 14.3 Å². The van der Waals surface area contributed by atoms with Crippen molar-refractivity contribution in [1.82, 2.24) is 0 Å². The highest BCUT2D eigenvalue weighted by atomic mass is 32.1. The van der Waals surface area contributed by atoms with E-state index in [4.69, 9.17) is 9.47 Å². The van der Waals surface area contributed by atoms with E-state index in [2.05, 4.69) is 0 Å². The molecule has 0 atom stereocenters. The van der Waals surface area contributed by atoms with E-state index in [1.54, 1.807) is 49.8 Å². The number of benzene rings is 1. The highest BCUT2D eigenvalue weighted by Gasteiger charge is 2.11. The van der Waals surface area contributed by atoms with Crippen LogP contribution in [0.5, 0.6) is 11.5 Å². The standard InChI is InChI=1S/C16H16O3S/c1-11-4-6-13(20-11)7-8-15(17)14-10-12(18-2)5-9-16(14)19-3/h4-10H,1-3H3. The van der Waals surface area contributed by atoms with E-state index in [1.807, 2.05) is 25.1 Å². The number of rotatable bonds is 5. The monoisotopic (exact) mass is 288 g/mol. The Balaban J connectivity index is 2.26. The molecular weight excluding hydrogens is 272 g/mol. The summed E-state index contributed by atoms with van der Waals surface area (Å²) in [7, 11) is 3.12. The van der Waals surface area contributed by atoms with Crippen LogP contribution in [0.2, 0.25) is 0 Å². The summed E-state index contributed by atoms with van der Waals surface area (Å²) < 4.78 is 10.4. The van der Waals surface area contributed by atoms with Crippen LogP contribution in [0.4, 0.5) is 0 Å². The van der Waals surface area contributed by atoms with Gasteiger partial charge in [-0.1, -0.05) is 0 Å². The predicted octanol–water partition coefficient (Wildman–Crippen LogP) is 3.97. The van der Waals surface area contributed by atoms with Gasteiger partial charge in [-0.25, -0.2) is 0 Å². The number of ether oxygens (including phenoxy) is 2. The van der Waals surface area contributed by atoms with Crippen LogP contribution >= 0.6 is 11.3 Å². The van der Waals surface area contributed by atoms with Crippen LogP contribution in [0.1, 0.15) is 20.1 Å². The van der Waals surface area contributed by atoms with Gasteiger partial charge in [-0.15, -0.1) is 11.3 Å². The lowest BCUT2D eigenvalue weighted by Gasteiger charge is -2.07. The van der Waals surface area contributed by atoms with Gasteiger partial charge < -0.3 is 9.47 Å². The van der Waals surface area contributed by atoms with Gasteiger partial charge in [0.25, 0.3) is 0 Å². The van der Waals surface area contributed by atoms with Gasteiger partial charge in [-0.3, -0.25) is 4.79 Å². The molecule has 104 valence electrons. The molecule has 20 heavy (non-hydrogen) atoms. The fourth-order valence-electron chi connectivity index (χ4n) is 1.80. The maximum Gasteiger partial charge on any atom is 0.189 e. The topological polar surface area (TPSA) is 35.5 Å². The van der Waals surface area contributed by atoms with Gasteiger partial charge in [-0.05, 0) is 49.4 Å². The molecule has 0 bridgehead atoms. The Bertz CT molecular complexity index is 641. The quantitative estimate of drug-likeness (QED) is 0.617. The number of carbonyl (C=O) groups is 1. The molecule has 3 nitrogen and oxygen atoms in total. The summed E-state index contributed by atoms with van der Waals surface area (Å²) in [5.74, 6) is 1.07. The molecule has 1 heterocycles. The molecule has 0 saturated carbocycles. The van der Waals surface area contributed by atoms with E-state index < -0.39 is 0 Å². The van der Waals surface area contributed by atoms with Gasteiger partial charge in [0.2, 0.25) is 0 Å². The zero-order valence-electron chi connectivity index (χ0n) is 11.7. The number of hydrogen-bond acceptors (Lipinski definition) is 4. The Morgan fingerprint density at radius 3 is 2.55 bits per heavy atom. The van der Waals surface area contributed by atoms with Gasteiger partial charge in [0.15, 0.2) is 5.78 Å².